The van der Waals surface area contributed by atoms with Crippen molar-refractivity contribution in [2.45, 2.75) is 11.6 Å². The van der Waals surface area contributed by atoms with E-state index in [4.69, 9.17) is 4.42 Å². The van der Waals surface area contributed by atoms with Gasteiger partial charge in [0.25, 0.3) is 5.22 Å². The summed E-state index contributed by atoms with van der Waals surface area (Å²) in [5.41, 5.74) is 1.94. The largest absolute Gasteiger partial charge is 0.411 e. The van der Waals surface area contributed by atoms with Gasteiger partial charge in [0.15, 0.2) is 0 Å². The molecular formula is C14H12N4OS. The van der Waals surface area contributed by atoms with E-state index in [2.05, 4.69) is 20.2 Å². The van der Waals surface area contributed by atoms with Gasteiger partial charge >= 0.3 is 0 Å². The van der Waals surface area contributed by atoms with E-state index in [1.807, 2.05) is 30.3 Å². The molecule has 5 nitrogen and oxygen atoms in total. The molecule has 3 aromatic heterocycles. The van der Waals surface area contributed by atoms with Gasteiger partial charge in [-0.05, 0) is 30.7 Å². The second kappa shape index (κ2) is 6.29. The first-order chi connectivity index (χ1) is 9.92. The summed E-state index contributed by atoms with van der Waals surface area (Å²) in [6.45, 7) is 0. The number of hydrogen-bond acceptors (Lipinski definition) is 6. The lowest BCUT2D eigenvalue weighted by atomic mass is 10.3. The molecule has 0 unspecified atom stereocenters. The zero-order valence-electron chi connectivity index (χ0n) is 10.6. The van der Waals surface area contributed by atoms with Crippen LogP contribution in [0, 0.1) is 0 Å². The molecule has 0 radical (unpaired) electrons. The topological polar surface area (TPSA) is 64.7 Å². The van der Waals surface area contributed by atoms with Gasteiger partial charge in [0.1, 0.15) is 0 Å². The van der Waals surface area contributed by atoms with Crippen molar-refractivity contribution in [3.8, 4) is 11.5 Å². The van der Waals surface area contributed by atoms with Crippen molar-refractivity contribution in [3.05, 3.63) is 54.6 Å². The lowest BCUT2D eigenvalue weighted by Gasteiger charge is -1.97. The number of rotatable bonds is 5. The van der Waals surface area contributed by atoms with E-state index in [1.54, 1.807) is 18.6 Å². The Morgan fingerprint density at radius 3 is 2.70 bits per heavy atom. The molecule has 0 amide bonds. The third-order valence-corrected chi connectivity index (χ3v) is 3.46. The number of pyridine rings is 2. The van der Waals surface area contributed by atoms with Gasteiger partial charge in [-0.3, -0.25) is 9.97 Å². The number of aryl methyl sites for hydroxylation is 1. The third-order valence-electron chi connectivity index (χ3n) is 2.64. The van der Waals surface area contributed by atoms with Gasteiger partial charge in [0, 0.05) is 35.6 Å². The molecule has 3 aromatic rings. The Bertz CT molecular complexity index is 657. The fraction of sp³-hybridized carbons (Fsp3) is 0.143. The van der Waals surface area contributed by atoms with Crippen molar-refractivity contribution < 1.29 is 4.42 Å². The van der Waals surface area contributed by atoms with E-state index in [-0.39, 0.29) is 0 Å². The van der Waals surface area contributed by atoms with Gasteiger partial charge in [-0.2, -0.15) is 0 Å². The summed E-state index contributed by atoms with van der Waals surface area (Å²) in [7, 11) is 0. The molecular weight excluding hydrogens is 272 g/mol. The summed E-state index contributed by atoms with van der Waals surface area (Å²) >= 11 is 1.53. The molecule has 0 aliphatic carbocycles. The van der Waals surface area contributed by atoms with Crippen LogP contribution >= 0.6 is 11.8 Å². The molecule has 100 valence electrons. The Labute approximate surface area is 120 Å². The summed E-state index contributed by atoms with van der Waals surface area (Å²) in [5.74, 6) is 1.38. The second-order valence-corrected chi connectivity index (χ2v) is 5.07. The first-order valence-electron chi connectivity index (χ1n) is 6.18. The summed E-state index contributed by atoms with van der Waals surface area (Å²) in [6, 6.07) is 9.60. The van der Waals surface area contributed by atoms with Crippen LogP contribution in [0.15, 0.2) is 58.6 Å². The average molecular weight is 284 g/mol. The Hall–Kier alpha value is -2.21. The molecule has 0 bridgehead atoms. The summed E-state index contributed by atoms with van der Waals surface area (Å²) in [6.07, 6.45) is 6.08. The predicted octanol–water partition coefficient (Wildman–Crippen LogP) is 2.86. The molecule has 0 aliphatic rings. The lowest BCUT2D eigenvalue weighted by molar-refractivity contribution is 0.466. The number of thioether (sulfide) groups is 1. The van der Waals surface area contributed by atoms with Crippen molar-refractivity contribution in [1.29, 1.82) is 0 Å². The Kier molecular flexibility index (Phi) is 4.03. The maximum atomic E-state index is 5.60. The maximum Gasteiger partial charge on any atom is 0.276 e. The van der Waals surface area contributed by atoms with Crippen LogP contribution in [0.2, 0.25) is 0 Å². The van der Waals surface area contributed by atoms with E-state index >= 15 is 0 Å². The normalized spacial score (nSPS) is 10.6. The first kappa shape index (κ1) is 12.8. The van der Waals surface area contributed by atoms with Gasteiger partial charge in [0.05, 0.1) is 0 Å². The van der Waals surface area contributed by atoms with Crippen LogP contribution in [0.4, 0.5) is 0 Å². The van der Waals surface area contributed by atoms with E-state index in [0.717, 1.165) is 23.4 Å². The molecule has 0 saturated carbocycles. The van der Waals surface area contributed by atoms with Gasteiger partial charge in [0.2, 0.25) is 5.89 Å². The third kappa shape index (κ3) is 3.21. The van der Waals surface area contributed by atoms with Crippen LogP contribution in [0.25, 0.3) is 11.5 Å². The van der Waals surface area contributed by atoms with Crippen LogP contribution in [-0.2, 0) is 6.42 Å². The van der Waals surface area contributed by atoms with Gasteiger partial charge in [-0.1, -0.05) is 17.8 Å². The number of hydrogen-bond donors (Lipinski definition) is 0. The zero-order chi connectivity index (χ0) is 13.6. The van der Waals surface area contributed by atoms with Crippen molar-refractivity contribution in [1.82, 2.24) is 20.2 Å². The molecule has 0 N–H and O–H groups in total. The van der Waals surface area contributed by atoms with E-state index in [0.29, 0.717) is 11.1 Å². The molecule has 0 atom stereocenters. The van der Waals surface area contributed by atoms with Crippen LogP contribution in [0.1, 0.15) is 5.69 Å². The fourth-order valence-electron chi connectivity index (χ4n) is 1.67. The maximum absolute atomic E-state index is 5.60. The van der Waals surface area contributed by atoms with Gasteiger partial charge in [-0.15, -0.1) is 10.2 Å². The molecule has 3 heterocycles. The molecule has 0 aromatic carbocycles. The minimum absolute atomic E-state index is 0.521. The second-order valence-electron chi connectivity index (χ2n) is 4.03. The number of nitrogens with zero attached hydrogens (tertiary/aromatic N) is 4. The zero-order valence-corrected chi connectivity index (χ0v) is 11.5. The SMILES string of the molecule is c1ccc(CCSc2nnc(-c3ccncc3)o2)nc1. The van der Waals surface area contributed by atoms with Gasteiger partial charge in [-0.25, -0.2) is 0 Å². The van der Waals surface area contributed by atoms with Crippen molar-refractivity contribution in [2.75, 3.05) is 5.75 Å². The standard InChI is InChI=1S/C14H12N4OS/c1-2-7-16-12(3-1)6-10-20-14-18-17-13(19-14)11-4-8-15-9-5-11/h1-5,7-9H,6,10H2. The van der Waals surface area contributed by atoms with E-state index < -0.39 is 0 Å². The summed E-state index contributed by atoms with van der Waals surface area (Å²) in [5, 5.41) is 8.64. The number of aromatic nitrogens is 4. The van der Waals surface area contributed by atoms with Gasteiger partial charge < -0.3 is 4.42 Å². The lowest BCUT2D eigenvalue weighted by Crippen LogP contribution is -1.91. The Morgan fingerprint density at radius 2 is 1.90 bits per heavy atom. The monoisotopic (exact) mass is 284 g/mol. The predicted molar refractivity (Wildman–Crippen MR) is 76.2 cm³/mol. The van der Waals surface area contributed by atoms with Crippen LogP contribution in [0.3, 0.4) is 0 Å². The Morgan fingerprint density at radius 1 is 1.00 bits per heavy atom. The van der Waals surface area contributed by atoms with Crippen molar-refractivity contribution >= 4 is 11.8 Å². The molecule has 0 fully saturated rings. The molecule has 0 aliphatic heterocycles. The fourth-order valence-corrected chi connectivity index (χ4v) is 2.39. The summed E-state index contributed by atoms with van der Waals surface area (Å²) in [4.78, 5) is 8.23. The molecule has 0 saturated heterocycles. The van der Waals surface area contributed by atoms with Crippen LogP contribution in [0.5, 0.6) is 0 Å². The highest BCUT2D eigenvalue weighted by Gasteiger charge is 2.08. The highest BCUT2D eigenvalue weighted by atomic mass is 32.2. The van der Waals surface area contributed by atoms with E-state index in [1.165, 1.54) is 11.8 Å². The highest BCUT2D eigenvalue weighted by molar-refractivity contribution is 7.99. The molecule has 20 heavy (non-hydrogen) atoms. The molecule has 0 spiro atoms. The highest BCUT2D eigenvalue weighted by Crippen LogP contribution is 2.22. The average Bonchev–Trinajstić information content (AvgIpc) is 2.98. The minimum atomic E-state index is 0.521. The van der Waals surface area contributed by atoms with Crippen LogP contribution in [-0.4, -0.2) is 25.9 Å². The van der Waals surface area contributed by atoms with Crippen molar-refractivity contribution in [2.24, 2.45) is 0 Å². The Balaban J connectivity index is 1.58. The van der Waals surface area contributed by atoms with Crippen LogP contribution < -0.4 is 0 Å². The van der Waals surface area contributed by atoms with Crippen molar-refractivity contribution in [3.63, 3.8) is 0 Å². The molecule has 3 rings (SSSR count). The minimum Gasteiger partial charge on any atom is -0.411 e. The quantitative estimate of drug-likeness (QED) is 0.671. The first-order valence-corrected chi connectivity index (χ1v) is 7.17. The smallest absolute Gasteiger partial charge is 0.276 e. The van der Waals surface area contributed by atoms with E-state index in [9.17, 15) is 0 Å². The summed E-state index contributed by atoms with van der Waals surface area (Å²) < 4.78 is 5.60. The molecule has 6 heteroatoms.